The smallest absolute Gasteiger partial charge is 0.266 e. The fourth-order valence-electron chi connectivity index (χ4n) is 2.80. The summed E-state index contributed by atoms with van der Waals surface area (Å²) in [5.74, 6) is 0.630. The first-order valence-corrected chi connectivity index (χ1v) is 10.6. The van der Waals surface area contributed by atoms with Gasteiger partial charge in [-0.25, -0.2) is 0 Å². The first-order valence-electron chi connectivity index (χ1n) is 9.84. The van der Waals surface area contributed by atoms with Crippen molar-refractivity contribution in [2.75, 3.05) is 11.9 Å². The van der Waals surface area contributed by atoms with Gasteiger partial charge in [-0.2, -0.15) is 5.26 Å². The van der Waals surface area contributed by atoms with Crippen molar-refractivity contribution in [1.82, 2.24) is 0 Å². The molecule has 0 aliphatic heterocycles. The number of carbonyl (C=O) groups excluding carboxylic acids is 1. The Bertz CT molecular complexity index is 1150. The average molecular weight is 493 g/mol. The zero-order valence-electron chi connectivity index (χ0n) is 17.3. The summed E-state index contributed by atoms with van der Waals surface area (Å²) < 4.78 is 12.6. The number of anilines is 1. The fourth-order valence-corrected chi connectivity index (χ4v) is 3.07. The molecule has 0 aliphatic carbocycles. The topological polar surface area (TPSA) is 91.6 Å². The van der Waals surface area contributed by atoms with Crippen LogP contribution in [0.2, 0.25) is 0 Å². The molecule has 0 bridgehead atoms. The van der Waals surface area contributed by atoms with E-state index in [1.807, 2.05) is 37.3 Å². The summed E-state index contributed by atoms with van der Waals surface area (Å²) in [5.41, 5.74) is 2.05. The second-order valence-corrected chi connectivity index (χ2v) is 7.64. The number of halogens is 1. The van der Waals surface area contributed by atoms with E-state index in [4.69, 9.17) is 9.47 Å². The molecule has 0 spiro atoms. The van der Waals surface area contributed by atoms with Gasteiger partial charge < -0.3 is 19.9 Å². The van der Waals surface area contributed by atoms with Crippen molar-refractivity contribution in [3.05, 3.63) is 87.9 Å². The average Bonchev–Trinajstić information content (AvgIpc) is 2.79. The van der Waals surface area contributed by atoms with Crippen molar-refractivity contribution in [3.63, 3.8) is 0 Å². The molecular formula is C25H21BrN2O4. The first kappa shape index (κ1) is 22.9. The lowest BCUT2D eigenvalue weighted by Crippen LogP contribution is -2.13. The summed E-state index contributed by atoms with van der Waals surface area (Å²) in [7, 11) is 0. The number of rotatable bonds is 8. The molecule has 0 fully saturated rings. The highest BCUT2D eigenvalue weighted by Crippen LogP contribution is 2.30. The Kier molecular flexibility index (Phi) is 7.90. The van der Waals surface area contributed by atoms with E-state index in [0.29, 0.717) is 36.0 Å². The highest BCUT2D eigenvalue weighted by molar-refractivity contribution is 9.10. The molecule has 0 radical (unpaired) electrons. The van der Waals surface area contributed by atoms with Gasteiger partial charge in [0, 0.05) is 10.2 Å². The van der Waals surface area contributed by atoms with E-state index in [1.165, 1.54) is 18.2 Å². The Morgan fingerprint density at radius 2 is 1.78 bits per heavy atom. The molecule has 0 aromatic heterocycles. The molecule has 1 amide bonds. The van der Waals surface area contributed by atoms with Gasteiger partial charge in [-0.3, -0.25) is 4.79 Å². The van der Waals surface area contributed by atoms with Gasteiger partial charge in [0.25, 0.3) is 5.91 Å². The van der Waals surface area contributed by atoms with Crippen molar-refractivity contribution < 1.29 is 19.4 Å². The van der Waals surface area contributed by atoms with Gasteiger partial charge in [0.15, 0.2) is 11.5 Å². The lowest BCUT2D eigenvalue weighted by Gasteiger charge is -2.13. The van der Waals surface area contributed by atoms with E-state index >= 15 is 0 Å². The van der Waals surface area contributed by atoms with Crippen LogP contribution in [0.3, 0.4) is 0 Å². The number of nitriles is 1. The summed E-state index contributed by atoms with van der Waals surface area (Å²) in [5, 5.41) is 21.4. The number of aromatic hydroxyl groups is 1. The van der Waals surface area contributed by atoms with Crippen LogP contribution in [0.5, 0.6) is 17.2 Å². The largest absolute Gasteiger partial charge is 0.508 e. The Morgan fingerprint density at radius 3 is 2.44 bits per heavy atom. The number of nitrogens with one attached hydrogen (secondary N) is 1. The van der Waals surface area contributed by atoms with Gasteiger partial charge >= 0.3 is 0 Å². The van der Waals surface area contributed by atoms with Crippen LogP contribution < -0.4 is 14.8 Å². The van der Waals surface area contributed by atoms with Crippen LogP contribution in [0.1, 0.15) is 18.1 Å². The Balaban J connectivity index is 1.76. The van der Waals surface area contributed by atoms with E-state index in [0.717, 1.165) is 10.0 Å². The molecule has 162 valence electrons. The number of nitrogens with zero attached hydrogens (tertiary/aromatic N) is 1. The Hall–Kier alpha value is -3.76. The number of carbonyl (C=O) groups is 1. The lowest BCUT2D eigenvalue weighted by molar-refractivity contribution is -0.112. The third-order valence-electron chi connectivity index (χ3n) is 4.38. The number of phenolic OH excluding ortho intramolecular Hbond substituents is 1. The second-order valence-electron chi connectivity index (χ2n) is 6.73. The Morgan fingerprint density at radius 1 is 1.06 bits per heavy atom. The number of hydrogen-bond acceptors (Lipinski definition) is 5. The molecule has 2 N–H and O–H groups in total. The summed E-state index contributed by atoms with van der Waals surface area (Å²) in [6, 6.07) is 21.0. The molecule has 0 unspecified atom stereocenters. The zero-order chi connectivity index (χ0) is 22.9. The predicted octanol–water partition coefficient (Wildman–Crippen LogP) is 5.68. The van der Waals surface area contributed by atoms with Gasteiger partial charge in [-0.1, -0.05) is 34.1 Å². The summed E-state index contributed by atoms with van der Waals surface area (Å²) in [6.45, 7) is 2.68. The van der Waals surface area contributed by atoms with Crippen LogP contribution in [0, 0.1) is 11.3 Å². The minimum absolute atomic E-state index is 0.0657. The number of ether oxygens (including phenoxy) is 2. The fraction of sp³-hybridized carbons (Fsp3) is 0.120. The van der Waals surface area contributed by atoms with Crippen LogP contribution in [0.4, 0.5) is 5.69 Å². The summed E-state index contributed by atoms with van der Waals surface area (Å²) in [4.78, 5) is 12.5. The molecule has 3 aromatic carbocycles. The van der Waals surface area contributed by atoms with Crippen molar-refractivity contribution in [3.8, 4) is 23.3 Å². The maximum absolute atomic E-state index is 12.5. The predicted molar refractivity (Wildman–Crippen MR) is 126 cm³/mol. The van der Waals surface area contributed by atoms with Gasteiger partial charge in [0.05, 0.1) is 6.61 Å². The van der Waals surface area contributed by atoms with Crippen molar-refractivity contribution >= 4 is 33.6 Å². The quantitative estimate of drug-likeness (QED) is 0.240. The molecule has 7 heteroatoms. The van der Waals surface area contributed by atoms with Gasteiger partial charge in [-0.05, 0) is 72.7 Å². The van der Waals surface area contributed by atoms with Crippen molar-refractivity contribution in [2.45, 2.75) is 13.5 Å². The van der Waals surface area contributed by atoms with Crippen molar-refractivity contribution in [1.29, 1.82) is 5.26 Å². The standard InChI is InChI=1S/C25H21BrN2O4/c1-2-31-24-14-18(5-12-23(24)32-16-17-3-6-20(26)7-4-17)13-19(15-27)25(30)28-21-8-10-22(29)11-9-21/h3-14,29H,2,16H2,1H3,(H,28,30)/b19-13-. The Labute approximate surface area is 194 Å². The monoisotopic (exact) mass is 492 g/mol. The zero-order valence-corrected chi connectivity index (χ0v) is 18.9. The van der Waals surface area contributed by atoms with E-state index < -0.39 is 5.91 Å². The van der Waals surface area contributed by atoms with Crippen LogP contribution in [-0.4, -0.2) is 17.6 Å². The van der Waals surface area contributed by atoms with E-state index in [-0.39, 0.29) is 11.3 Å². The molecule has 6 nitrogen and oxygen atoms in total. The highest BCUT2D eigenvalue weighted by atomic mass is 79.9. The van der Waals surface area contributed by atoms with E-state index in [2.05, 4.69) is 21.2 Å². The maximum atomic E-state index is 12.5. The third kappa shape index (κ3) is 6.37. The normalized spacial score (nSPS) is 10.8. The van der Waals surface area contributed by atoms with Crippen LogP contribution in [0.25, 0.3) is 6.08 Å². The minimum Gasteiger partial charge on any atom is -0.508 e. The molecule has 0 aliphatic rings. The lowest BCUT2D eigenvalue weighted by atomic mass is 10.1. The molecular weight excluding hydrogens is 472 g/mol. The number of hydrogen-bond donors (Lipinski definition) is 2. The number of amides is 1. The minimum atomic E-state index is -0.549. The third-order valence-corrected chi connectivity index (χ3v) is 4.91. The maximum Gasteiger partial charge on any atom is 0.266 e. The van der Waals surface area contributed by atoms with Crippen molar-refractivity contribution in [2.24, 2.45) is 0 Å². The summed E-state index contributed by atoms with van der Waals surface area (Å²) >= 11 is 3.41. The molecule has 0 heterocycles. The molecule has 0 saturated carbocycles. The van der Waals surface area contributed by atoms with E-state index in [1.54, 1.807) is 30.3 Å². The molecule has 0 atom stereocenters. The van der Waals surface area contributed by atoms with Gasteiger partial charge in [0.1, 0.15) is 24.0 Å². The number of phenols is 1. The van der Waals surface area contributed by atoms with Crippen LogP contribution >= 0.6 is 15.9 Å². The molecule has 0 saturated heterocycles. The SMILES string of the molecule is CCOc1cc(/C=C(/C#N)C(=O)Nc2ccc(O)cc2)ccc1OCc1ccc(Br)cc1. The molecule has 32 heavy (non-hydrogen) atoms. The molecule has 3 rings (SSSR count). The highest BCUT2D eigenvalue weighted by Gasteiger charge is 2.12. The van der Waals surface area contributed by atoms with Crippen LogP contribution in [-0.2, 0) is 11.4 Å². The van der Waals surface area contributed by atoms with Gasteiger partial charge in [0.2, 0.25) is 0 Å². The summed E-state index contributed by atoms with van der Waals surface area (Å²) in [6.07, 6.45) is 1.48. The molecule has 3 aromatic rings. The van der Waals surface area contributed by atoms with Crippen LogP contribution in [0.15, 0.2) is 76.8 Å². The number of benzene rings is 3. The second kappa shape index (κ2) is 11.0. The van der Waals surface area contributed by atoms with Gasteiger partial charge in [-0.15, -0.1) is 0 Å². The first-order chi connectivity index (χ1) is 15.5. The van der Waals surface area contributed by atoms with E-state index in [9.17, 15) is 15.2 Å².